The fourth-order valence-electron chi connectivity index (χ4n) is 8.96. The fraction of sp³-hybridized carbons (Fsp3) is 0.311. The van der Waals surface area contributed by atoms with Crippen LogP contribution < -0.4 is 25.1 Å². The van der Waals surface area contributed by atoms with E-state index in [9.17, 15) is 14.7 Å². The van der Waals surface area contributed by atoms with Gasteiger partial charge in [-0.1, -0.05) is 98.0 Å². The third-order valence-corrected chi connectivity index (χ3v) is 16.1. The van der Waals surface area contributed by atoms with Gasteiger partial charge in [0, 0.05) is 36.5 Å². The molecule has 4 aromatic carbocycles. The number of carbonyl (C=O) groups is 2. The van der Waals surface area contributed by atoms with E-state index in [1.54, 1.807) is 35.2 Å². The Labute approximate surface area is 328 Å². The van der Waals surface area contributed by atoms with Crippen molar-refractivity contribution in [2.45, 2.75) is 56.8 Å². The molecular weight excluding hydrogens is 723 g/mol. The van der Waals surface area contributed by atoms with E-state index in [1.807, 2.05) is 91.0 Å². The quantitative estimate of drug-likeness (QED) is 0.146. The summed E-state index contributed by atoms with van der Waals surface area (Å²) in [7, 11) is 0.600. The molecule has 0 unspecified atom stereocenters. The zero-order valence-corrected chi connectivity index (χ0v) is 33.6. The van der Waals surface area contributed by atoms with Crippen molar-refractivity contribution in [1.29, 1.82) is 0 Å². The predicted octanol–water partition coefficient (Wildman–Crippen LogP) is 6.03. The molecule has 4 atom stereocenters. The molecule has 0 bridgehead atoms. The van der Waals surface area contributed by atoms with Gasteiger partial charge in [0.05, 0.1) is 53.7 Å². The molecule has 2 aliphatic heterocycles. The first-order valence-corrected chi connectivity index (χ1v) is 22.1. The van der Waals surface area contributed by atoms with Gasteiger partial charge in [-0.2, -0.15) is 0 Å². The van der Waals surface area contributed by atoms with Crippen LogP contribution in [-0.2, 0) is 33.0 Å². The number of aliphatic hydroxyl groups is 1. The zero-order valence-electron chi connectivity index (χ0n) is 32.6. The molecule has 1 aromatic heterocycles. The number of ether oxygens (including phenoxy) is 3. The molecule has 1 N–H and O–H groups in total. The fourth-order valence-corrected chi connectivity index (χ4v) is 13.0. The molecule has 11 heteroatoms. The normalized spacial score (nSPS) is 20.3. The number of rotatable bonds is 13. The number of benzene rings is 4. The van der Waals surface area contributed by atoms with Gasteiger partial charge in [-0.25, -0.2) is 0 Å². The van der Waals surface area contributed by atoms with Crippen molar-refractivity contribution >= 4 is 30.8 Å². The first kappa shape index (κ1) is 38.8. The topological polar surface area (TPSA) is 111 Å². The summed E-state index contributed by atoms with van der Waals surface area (Å²) >= 11 is 0. The highest BCUT2D eigenvalue weighted by molar-refractivity contribution is 6.91. The Morgan fingerprint density at radius 2 is 1.59 bits per heavy atom. The number of carbonyl (C=O) groups excluding carboxylic acids is 2. The number of methoxy groups -OCH3 is 2. The number of pyridine rings is 1. The molecule has 1 saturated heterocycles. The minimum absolute atomic E-state index is 0.0585. The van der Waals surface area contributed by atoms with E-state index >= 15 is 4.79 Å². The van der Waals surface area contributed by atoms with Crippen LogP contribution in [0.3, 0.4) is 0 Å². The van der Waals surface area contributed by atoms with Crippen LogP contribution in [0.4, 0.5) is 5.69 Å². The van der Waals surface area contributed by atoms with Crippen molar-refractivity contribution in [3.63, 3.8) is 0 Å². The number of aromatic nitrogens is 1. The highest BCUT2D eigenvalue weighted by atomic mass is 28.3. The van der Waals surface area contributed by atoms with E-state index in [4.69, 9.17) is 14.2 Å². The molecule has 10 nitrogen and oxygen atoms in total. The van der Waals surface area contributed by atoms with Crippen LogP contribution >= 0.6 is 0 Å². The summed E-state index contributed by atoms with van der Waals surface area (Å²) in [5.41, 5.74) is 2.23. The van der Waals surface area contributed by atoms with Crippen molar-refractivity contribution in [3.05, 3.63) is 149 Å². The number of anilines is 1. The highest BCUT2D eigenvalue weighted by Gasteiger charge is 2.66. The van der Waals surface area contributed by atoms with Gasteiger partial charge in [-0.3, -0.25) is 19.0 Å². The van der Waals surface area contributed by atoms with Gasteiger partial charge in [0.1, 0.15) is 5.75 Å². The summed E-state index contributed by atoms with van der Waals surface area (Å²) in [6, 6.07) is 36.7. The molecule has 0 aliphatic carbocycles. The molecule has 3 heterocycles. The Morgan fingerprint density at radius 1 is 0.875 bits per heavy atom. The number of aliphatic hydroxyl groups excluding tert-OH is 1. The Hall–Kier alpha value is -5.49. The van der Waals surface area contributed by atoms with E-state index in [2.05, 4.69) is 32.2 Å². The van der Waals surface area contributed by atoms with Crippen LogP contribution in [0.2, 0.25) is 18.6 Å². The van der Waals surface area contributed by atoms with Crippen molar-refractivity contribution in [1.82, 2.24) is 9.47 Å². The van der Waals surface area contributed by atoms with Gasteiger partial charge in [-0.15, -0.1) is 0 Å². The van der Waals surface area contributed by atoms with Crippen LogP contribution in [0.25, 0.3) is 5.69 Å². The van der Waals surface area contributed by atoms with E-state index in [1.165, 1.54) is 16.9 Å². The van der Waals surface area contributed by atoms with Crippen molar-refractivity contribution in [2.24, 2.45) is 5.92 Å². The summed E-state index contributed by atoms with van der Waals surface area (Å²) in [6.07, 6.45) is 1.17. The minimum atomic E-state index is -2.52. The molecule has 1 spiro atoms. The summed E-state index contributed by atoms with van der Waals surface area (Å²) in [4.78, 5) is 46.2. The van der Waals surface area contributed by atoms with Gasteiger partial charge in [0.2, 0.25) is 5.91 Å². The molecule has 56 heavy (non-hydrogen) atoms. The van der Waals surface area contributed by atoms with Crippen LogP contribution in [0.1, 0.15) is 30.0 Å². The van der Waals surface area contributed by atoms with Gasteiger partial charge >= 0.3 is 0 Å². The summed E-state index contributed by atoms with van der Waals surface area (Å²) in [5, 5.41) is 11.2. The Balaban J connectivity index is 1.27. The highest BCUT2D eigenvalue weighted by Crippen LogP contribution is 2.60. The minimum Gasteiger partial charge on any atom is -0.497 e. The van der Waals surface area contributed by atoms with Crippen LogP contribution in [0.5, 0.6) is 11.5 Å². The van der Waals surface area contributed by atoms with Crippen molar-refractivity contribution < 1.29 is 28.9 Å². The van der Waals surface area contributed by atoms with Crippen LogP contribution in [-0.4, -0.2) is 67.9 Å². The smallest absolute Gasteiger partial charge is 0.297 e. The molecule has 0 radical (unpaired) electrons. The van der Waals surface area contributed by atoms with E-state index in [0.717, 1.165) is 28.1 Å². The van der Waals surface area contributed by atoms with Crippen LogP contribution in [0, 0.1) is 5.92 Å². The SMILES string of the molecule is COc1ccc([Si](C)(C)[C@H]2[C@H](CC(=O)N(CCO)Cc3ccccc3)O[C@@]3(C(=O)N(Cc4cccc(-n5cccc(OC)c5=O)c4)c4ccccc43)[C@@H]2C)cc1. The third-order valence-electron chi connectivity index (χ3n) is 11.7. The maximum Gasteiger partial charge on any atom is 0.297 e. The molecule has 2 amide bonds. The molecule has 7 rings (SSSR count). The lowest BCUT2D eigenvalue weighted by molar-refractivity contribution is -0.150. The molecule has 5 aromatic rings. The van der Waals surface area contributed by atoms with E-state index in [-0.39, 0.29) is 60.7 Å². The number of hydrogen-bond acceptors (Lipinski definition) is 7. The summed E-state index contributed by atoms with van der Waals surface area (Å²) < 4.78 is 19.5. The van der Waals surface area contributed by atoms with Gasteiger partial charge in [0.25, 0.3) is 11.5 Å². The Morgan fingerprint density at radius 3 is 2.30 bits per heavy atom. The zero-order chi connectivity index (χ0) is 39.6. The average molecular weight is 772 g/mol. The number of nitrogens with zero attached hydrogens (tertiary/aromatic N) is 3. The lowest BCUT2D eigenvalue weighted by Gasteiger charge is -2.37. The first-order valence-electron chi connectivity index (χ1n) is 19.0. The number of fused-ring (bicyclic) bond motifs is 2. The van der Waals surface area contributed by atoms with Crippen molar-refractivity contribution in [3.8, 4) is 17.2 Å². The first-order chi connectivity index (χ1) is 27.0. The maximum atomic E-state index is 15.3. The summed E-state index contributed by atoms with van der Waals surface area (Å²) in [6.45, 7) is 7.30. The number of amides is 2. The second kappa shape index (κ2) is 15.9. The molecule has 2 aliphatic rings. The van der Waals surface area contributed by atoms with Crippen molar-refractivity contribution in [2.75, 3.05) is 32.3 Å². The average Bonchev–Trinajstić information content (AvgIpc) is 3.64. The van der Waals surface area contributed by atoms with E-state index < -0.39 is 19.8 Å². The third kappa shape index (κ3) is 6.95. The maximum absolute atomic E-state index is 15.3. The molecule has 0 saturated carbocycles. The monoisotopic (exact) mass is 771 g/mol. The van der Waals surface area contributed by atoms with E-state index in [0.29, 0.717) is 12.2 Å². The predicted molar refractivity (Wildman–Crippen MR) is 219 cm³/mol. The number of hydrogen-bond donors (Lipinski definition) is 1. The van der Waals surface area contributed by atoms with Crippen LogP contribution in [0.15, 0.2) is 126 Å². The Bertz CT molecular complexity index is 2260. The lowest BCUT2D eigenvalue weighted by Crippen LogP contribution is -2.52. The van der Waals surface area contributed by atoms with Gasteiger partial charge in [-0.05, 0) is 59.1 Å². The van der Waals surface area contributed by atoms with Gasteiger partial charge < -0.3 is 29.1 Å². The molecule has 1 fully saturated rings. The lowest BCUT2D eigenvalue weighted by atomic mass is 9.82. The molecular formula is C45H49N3O7Si. The largest absolute Gasteiger partial charge is 0.497 e. The second-order valence-corrected chi connectivity index (χ2v) is 19.9. The molecule has 290 valence electrons. The second-order valence-electron chi connectivity index (χ2n) is 15.2. The number of para-hydroxylation sites is 1. The standard InChI is InChI=1S/C45H49N3O7Si/c1-31-42(56(4,5)36-22-20-35(53-2)21-23-36)40(28-41(50)46(25-26-49)29-32-13-7-6-8-14-32)55-45(31)37-17-9-10-18-38(37)48(44(45)52)30-33-15-11-16-34(27-33)47-24-12-19-39(54-3)43(47)51/h6-24,27,31,40,42,49H,25-26,28-30H2,1-5H3/t31-,40+,42-,45+/m1/s1. The van der Waals surface area contributed by atoms with Gasteiger partial charge in [0.15, 0.2) is 11.4 Å². The Kier molecular flexibility index (Phi) is 11.0. The summed E-state index contributed by atoms with van der Waals surface area (Å²) in [5.74, 6) is 0.380.